The van der Waals surface area contributed by atoms with Crippen LogP contribution in [0.3, 0.4) is 0 Å². The highest BCUT2D eigenvalue weighted by molar-refractivity contribution is 7.99. The quantitative estimate of drug-likeness (QED) is 0.220. The van der Waals surface area contributed by atoms with Gasteiger partial charge in [-0.25, -0.2) is 0 Å². The van der Waals surface area contributed by atoms with Crippen molar-refractivity contribution in [1.82, 2.24) is 0 Å². The molecule has 0 heterocycles. The Morgan fingerprint density at radius 1 is 0.545 bits per heavy atom. The summed E-state index contributed by atoms with van der Waals surface area (Å²) in [5, 5.41) is 22.0. The highest BCUT2D eigenvalue weighted by Crippen LogP contribution is 2.41. The third kappa shape index (κ3) is 7.99. The van der Waals surface area contributed by atoms with Gasteiger partial charge in [0, 0.05) is 20.9 Å². The molecule has 0 aromatic heterocycles. The molecule has 4 aromatic carbocycles. The fraction of sp³-hybridized carbons (Fsp3) is 0.366. The number of phenolic OH excluding ortho intramolecular Hbond substituents is 2. The summed E-state index contributed by atoms with van der Waals surface area (Å²) in [6.45, 7) is 25.4. The van der Waals surface area contributed by atoms with Gasteiger partial charge in [0.05, 0.1) is 0 Å². The molecule has 0 radical (unpaired) electrons. The zero-order chi connectivity index (χ0) is 32.6. The molecule has 232 valence electrons. The van der Waals surface area contributed by atoms with Crippen molar-refractivity contribution in [1.29, 1.82) is 0 Å². The molecule has 0 spiro atoms. The van der Waals surface area contributed by atoms with E-state index in [-0.39, 0.29) is 16.2 Å². The lowest BCUT2D eigenvalue weighted by molar-refractivity contribution is 0.423. The maximum Gasteiger partial charge on any atom is 0.126 e. The van der Waals surface area contributed by atoms with Crippen LogP contribution in [0, 0.1) is 0 Å². The van der Waals surface area contributed by atoms with Gasteiger partial charge in [0.2, 0.25) is 0 Å². The number of hydrogen-bond donors (Lipinski definition) is 2. The highest BCUT2D eigenvalue weighted by Gasteiger charge is 2.26. The van der Waals surface area contributed by atoms with Gasteiger partial charge < -0.3 is 10.2 Å². The molecule has 0 fully saturated rings. The van der Waals surface area contributed by atoms with Crippen LogP contribution < -0.4 is 0 Å². The molecule has 4 aromatic rings. The standard InChI is InChI=1S/C41H50O2S/c1-26(2)33-22-29(23-34(37(33)42)39(3,4)5)20-27-12-16-31(17-13-27)44-32-18-14-28(15-19-32)21-30-24-35(40(6,7)8)38(43)36(25-30)41(9,10)11/h12-19,22-25,42-43H,1,20-21H2,2-11H3. The van der Waals surface area contributed by atoms with E-state index < -0.39 is 0 Å². The van der Waals surface area contributed by atoms with E-state index in [1.165, 1.54) is 32.0 Å². The van der Waals surface area contributed by atoms with Gasteiger partial charge in [-0.1, -0.05) is 123 Å². The zero-order valence-electron chi connectivity index (χ0n) is 28.4. The van der Waals surface area contributed by atoms with Crippen molar-refractivity contribution in [3.63, 3.8) is 0 Å². The molecule has 2 nitrogen and oxygen atoms in total. The molecule has 0 aliphatic rings. The van der Waals surface area contributed by atoms with Gasteiger partial charge in [-0.2, -0.15) is 0 Å². The number of rotatable bonds is 7. The zero-order valence-corrected chi connectivity index (χ0v) is 29.2. The van der Waals surface area contributed by atoms with Crippen LogP contribution in [0.25, 0.3) is 5.57 Å². The van der Waals surface area contributed by atoms with Crippen molar-refractivity contribution < 1.29 is 10.2 Å². The normalized spacial score (nSPS) is 12.4. The lowest BCUT2D eigenvalue weighted by Crippen LogP contribution is -2.18. The molecule has 0 unspecified atom stereocenters. The summed E-state index contributed by atoms with van der Waals surface area (Å²) < 4.78 is 0. The van der Waals surface area contributed by atoms with Gasteiger partial charge in [0.15, 0.2) is 0 Å². The third-order valence-electron chi connectivity index (χ3n) is 8.12. The Kier molecular flexibility index (Phi) is 9.52. The lowest BCUT2D eigenvalue weighted by atomic mass is 9.78. The van der Waals surface area contributed by atoms with E-state index in [0.29, 0.717) is 11.5 Å². The van der Waals surface area contributed by atoms with Crippen LogP contribution >= 0.6 is 11.8 Å². The van der Waals surface area contributed by atoms with Crippen LogP contribution in [0.2, 0.25) is 0 Å². The van der Waals surface area contributed by atoms with Crippen LogP contribution in [0.1, 0.15) is 114 Å². The van der Waals surface area contributed by atoms with Crippen LogP contribution in [0.5, 0.6) is 11.5 Å². The Balaban J connectivity index is 1.48. The Morgan fingerprint density at radius 3 is 1.23 bits per heavy atom. The number of hydrogen-bond acceptors (Lipinski definition) is 3. The first-order chi connectivity index (χ1) is 20.3. The smallest absolute Gasteiger partial charge is 0.126 e. The van der Waals surface area contributed by atoms with Gasteiger partial charge in [0.1, 0.15) is 11.5 Å². The SMILES string of the molecule is C=C(C)c1cc(Cc2ccc(Sc3ccc(Cc4cc(C(C)(C)C)c(O)c(C(C)(C)C)c4)cc3)cc2)cc(C(C)(C)C)c1O. The topological polar surface area (TPSA) is 40.5 Å². The molecule has 0 saturated carbocycles. The van der Waals surface area contributed by atoms with Crippen LogP contribution in [0.15, 0.2) is 89.2 Å². The fourth-order valence-corrected chi connectivity index (χ4v) is 6.41. The number of benzene rings is 4. The Labute approximate surface area is 270 Å². The molecule has 0 aliphatic carbocycles. The maximum absolute atomic E-state index is 11.1. The molecule has 0 bridgehead atoms. The number of allylic oxidation sites excluding steroid dienone is 1. The van der Waals surface area contributed by atoms with Gasteiger partial charge in [-0.15, -0.1) is 0 Å². The van der Waals surface area contributed by atoms with Gasteiger partial charge >= 0.3 is 0 Å². The summed E-state index contributed by atoms with van der Waals surface area (Å²) in [4.78, 5) is 2.41. The second-order valence-electron chi connectivity index (χ2n) is 15.4. The molecule has 0 atom stereocenters. The summed E-state index contributed by atoms with van der Waals surface area (Å²) in [7, 11) is 0. The first-order valence-corrected chi connectivity index (χ1v) is 16.4. The molecular weight excluding hydrogens is 557 g/mol. The summed E-state index contributed by atoms with van der Waals surface area (Å²) in [5.41, 5.74) is 9.15. The number of phenols is 2. The predicted octanol–water partition coefficient (Wildman–Crippen LogP) is 11.4. The first kappa shape index (κ1) is 33.5. The van der Waals surface area contributed by atoms with Crippen molar-refractivity contribution in [3.8, 4) is 11.5 Å². The van der Waals surface area contributed by atoms with E-state index in [2.05, 4.69) is 142 Å². The second kappa shape index (κ2) is 12.5. The summed E-state index contributed by atoms with van der Waals surface area (Å²) in [6, 6.07) is 26.2. The van der Waals surface area contributed by atoms with Gasteiger partial charge in [-0.3, -0.25) is 0 Å². The fourth-order valence-electron chi connectivity index (χ4n) is 5.59. The van der Waals surface area contributed by atoms with E-state index in [0.717, 1.165) is 40.7 Å². The van der Waals surface area contributed by atoms with E-state index in [1.54, 1.807) is 11.8 Å². The van der Waals surface area contributed by atoms with Crippen molar-refractivity contribution in [2.45, 2.75) is 108 Å². The van der Waals surface area contributed by atoms with Crippen molar-refractivity contribution in [2.75, 3.05) is 0 Å². The van der Waals surface area contributed by atoms with Crippen molar-refractivity contribution in [3.05, 3.63) is 124 Å². The predicted molar refractivity (Wildman–Crippen MR) is 190 cm³/mol. The third-order valence-corrected chi connectivity index (χ3v) is 9.14. The average molecular weight is 607 g/mol. The molecular formula is C41H50O2S. The maximum atomic E-state index is 11.1. The van der Waals surface area contributed by atoms with E-state index in [1.807, 2.05) is 6.92 Å². The second-order valence-corrected chi connectivity index (χ2v) is 16.5. The highest BCUT2D eigenvalue weighted by atomic mass is 32.2. The molecule has 3 heteroatoms. The summed E-state index contributed by atoms with van der Waals surface area (Å²) in [6.07, 6.45) is 1.63. The molecule has 0 amide bonds. The Morgan fingerprint density at radius 2 is 0.886 bits per heavy atom. The first-order valence-electron chi connectivity index (χ1n) is 15.6. The monoisotopic (exact) mass is 606 g/mol. The molecule has 0 aliphatic heterocycles. The lowest BCUT2D eigenvalue weighted by Gasteiger charge is -2.28. The minimum atomic E-state index is -0.158. The minimum absolute atomic E-state index is 0.136. The molecule has 0 saturated heterocycles. The molecule has 2 N–H and O–H groups in total. The average Bonchev–Trinajstić information content (AvgIpc) is 2.90. The van der Waals surface area contributed by atoms with E-state index in [9.17, 15) is 10.2 Å². The number of aromatic hydroxyl groups is 2. The van der Waals surface area contributed by atoms with Crippen molar-refractivity contribution >= 4 is 17.3 Å². The van der Waals surface area contributed by atoms with Gasteiger partial charge in [0.25, 0.3) is 0 Å². The largest absolute Gasteiger partial charge is 0.507 e. The Hall–Kier alpha value is -3.43. The van der Waals surface area contributed by atoms with E-state index in [4.69, 9.17) is 0 Å². The van der Waals surface area contributed by atoms with Gasteiger partial charge in [-0.05, 0) is 105 Å². The van der Waals surface area contributed by atoms with Crippen LogP contribution in [-0.4, -0.2) is 10.2 Å². The minimum Gasteiger partial charge on any atom is -0.507 e. The summed E-state index contributed by atoms with van der Waals surface area (Å²) >= 11 is 1.77. The Bertz CT molecular complexity index is 1600. The molecule has 44 heavy (non-hydrogen) atoms. The van der Waals surface area contributed by atoms with Crippen molar-refractivity contribution in [2.24, 2.45) is 0 Å². The summed E-state index contributed by atoms with van der Waals surface area (Å²) in [5.74, 6) is 0.778. The molecule has 4 rings (SSSR count). The van der Waals surface area contributed by atoms with E-state index >= 15 is 0 Å². The van der Waals surface area contributed by atoms with Crippen LogP contribution in [-0.2, 0) is 29.1 Å². The van der Waals surface area contributed by atoms with Crippen LogP contribution in [0.4, 0.5) is 0 Å².